The van der Waals surface area contributed by atoms with Crippen LogP contribution in [0.15, 0.2) is 138 Å². The molecule has 4 unspecified atom stereocenters. The number of imidazole rings is 3. The highest BCUT2D eigenvalue weighted by Crippen LogP contribution is 2.36. The Morgan fingerprint density at radius 1 is 0.554 bits per heavy atom. The molecule has 0 bridgehead atoms. The van der Waals surface area contributed by atoms with Gasteiger partial charge in [0, 0.05) is 132 Å². The highest BCUT2D eigenvalue weighted by atomic mass is 79.9. The number of rotatable bonds is 27. The third kappa shape index (κ3) is 19.1. The number of nitrogens with one attached hydrogen (secondary N) is 3. The van der Waals surface area contributed by atoms with E-state index in [0.29, 0.717) is 75.2 Å². The van der Waals surface area contributed by atoms with Crippen molar-refractivity contribution in [2.45, 2.75) is 143 Å². The number of ether oxygens (including phenoxy) is 3. The van der Waals surface area contributed by atoms with Crippen molar-refractivity contribution >= 4 is 77.8 Å². The number of pyridine rings is 3. The van der Waals surface area contributed by atoms with Gasteiger partial charge in [0.1, 0.15) is 16.0 Å². The Morgan fingerprint density at radius 2 is 1.11 bits per heavy atom. The fourth-order valence-corrected chi connectivity index (χ4v) is 14.1. The zero-order valence-electron chi connectivity index (χ0n) is 60.4. The van der Waals surface area contributed by atoms with E-state index in [1.165, 1.54) is 0 Å². The molecule has 10 N–H and O–H groups in total. The summed E-state index contributed by atoms with van der Waals surface area (Å²) in [6.45, 7) is 29.3. The number of para-hydroxylation sites is 6. The number of aromatic hydroxyl groups is 1. The van der Waals surface area contributed by atoms with Crippen LogP contribution in [0.2, 0.25) is 0 Å². The van der Waals surface area contributed by atoms with Gasteiger partial charge >= 0.3 is 0 Å². The Morgan fingerprint density at radius 3 is 1.69 bits per heavy atom. The summed E-state index contributed by atoms with van der Waals surface area (Å²) in [6.07, 6.45) is 7.39. The van der Waals surface area contributed by atoms with Crippen molar-refractivity contribution in [2.75, 3.05) is 108 Å². The highest BCUT2D eigenvalue weighted by Gasteiger charge is 2.31. The highest BCUT2D eigenvalue weighted by molar-refractivity contribution is 9.10. The average molecular weight is 1440 g/mol. The number of aromatic nitrogens is 9. The Labute approximate surface area is 604 Å². The molecule has 9 heterocycles. The molecular weight excluding hydrogens is 1330 g/mol. The van der Waals surface area contributed by atoms with Crippen LogP contribution in [0.5, 0.6) is 5.75 Å². The molecule has 0 saturated carbocycles. The van der Waals surface area contributed by atoms with Crippen molar-refractivity contribution in [3.63, 3.8) is 0 Å². The van der Waals surface area contributed by atoms with Gasteiger partial charge in [0.2, 0.25) is 17.8 Å². The molecule has 4 aromatic carbocycles. The Bertz CT molecular complexity index is 4230. The van der Waals surface area contributed by atoms with Gasteiger partial charge in [-0.1, -0.05) is 94.4 Å². The zero-order valence-corrected chi connectivity index (χ0v) is 62.0. The Balaban J connectivity index is 0.000000154. The summed E-state index contributed by atoms with van der Waals surface area (Å²) in [6, 6.07) is 43.9. The average Bonchev–Trinajstić information content (AvgIpc) is 1.71. The third-order valence-electron chi connectivity index (χ3n) is 19.8. The molecule has 10 aromatic rings. The molecule has 0 amide bonds. The van der Waals surface area contributed by atoms with Crippen molar-refractivity contribution in [1.29, 1.82) is 0 Å². The number of halogens is 1. The fourth-order valence-electron chi connectivity index (χ4n) is 13.8. The first-order valence-electron chi connectivity index (χ1n) is 36.6. The van der Waals surface area contributed by atoms with E-state index in [9.17, 15) is 5.11 Å². The fraction of sp³-hybridized carbons (Fsp3) is 0.487. The minimum absolute atomic E-state index is 0.211. The summed E-state index contributed by atoms with van der Waals surface area (Å²) in [5.41, 5.74) is 29.8. The summed E-state index contributed by atoms with van der Waals surface area (Å²) in [7, 11) is 0. The molecule has 4 atom stereocenters. The summed E-state index contributed by atoms with van der Waals surface area (Å²) >= 11 is 3.50. The molecule has 0 aliphatic carbocycles. The van der Waals surface area contributed by atoms with E-state index in [0.717, 1.165) is 186 Å². The first-order valence-corrected chi connectivity index (χ1v) is 37.4. The van der Waals surface area contributed by atoms with E-state index in [-0.39, 0.29) is 24.1 Å². The molecule has 0 spiro atoms. The minimum atomic E-state index is -0.414. The number of nitrogens with zero attached hydrogens (tertiary/aromatic N) is 12. The van der Waals surface area contributed by atoms with Crippen LogP contribution in [0.1, 0.15) is 121 Å². The van der Waals surface area contributed by atoms with E-state index in [1.807, 2.05) is 81.6 Å². The van der Waals surface area contributed by atoms with Crippen LogP contribution in [0.4, 0.5) is 17.8 Å². The number of fused-ring (bicyclic) bond motifs is 4. The first kappa shape index (κ1) is 74.5. The van der Waals surface area contributed by atoms with Crippen LogP contribution in [-0.4, -0.2) is 185 Å². The van der Waals surface area contributed by atoms with Gasteiger partial charge in [-0.05, 0) is 160 Å². The van der Waals surface area contributed by atoms with Gasteiger partial charge in [-0.25, -0.2) is 19.9 Å². The number of anilines is 3. The van der Waals surface area contributed by atoms with E-state index in [1.54, 1.807) is 6.07 Å². The number of hydrogen-bond acceptors (Lipinski definition) is 19. The largest absolute Gasteiger partial charge is 0.506 e. The molecule has 23 heteroatoms. The van der Waals surface area contributed by atoms with Crippen molar-refractivity contribution in [3.05, 3.63) is 166 Å². The lowest BCUT2D eigenvalue weighted by Gasteiger charge is -2.35. The van der Waals surface area contributed by atoms with E-state index in [2.05, 4.69) is 167 Å². The van der Waals surface area contributed by atoms with Gasteiger partial charge in [-0.2, -0.15) is 0 Å². The maximum Gasteiger partial charge on any atom is 0.206 e. The summed E-state index contributed by atoms with van der Waals surface area (Å²) in [4.78, 5) is 36.3. The van der Waals surface area contributed by atoms with Crippen LogP contribution >= 0.6 is 15.9 Å². The van der Waals surface area contributed by atoms with Crippen molar-refractivity contribution in [1.82, 2.24) is 58.3 Å². The van der Waals surface area contributed by atoms with E-state index >= 15 is 0 Å². The second kappa shape index (κ2) is 36.0. The van der Waals surface area contributed by atoms with E-state index in [4.69, 9.17) is 56.3 Å². The maximum atomic E-state index is 10.3. The SMILES string of the molecule is CCOC(c1cccc(Br)n1)n1c(NC2CCN(CC(N)C(C)C)CC2)nc2ccccc21.CCOCCOC(c1cccc2cccnc12)n1c(NC2CCN(CC(N)C(C)C)CC2)nc2ccccc21.Cc1ccc(O)c(Cn2c(NC3CCN(CCN)CC3)nc3c(C)cccc32)n1. The standard InChI is InChI=1S/C31H42N6O2.C25H35BrN6O.C22H30N6O/c1-4-38-19-20-39-30(25-11-7-9-23-10-8-16-33-29(23)25)37-28-13-6-5-12-27(28)35-31(37)34-24-14-17-36(18-15-24)21-26(32)22(2)3;1-4-33-24(21-9-7-11-23(26)29-21)32-22-10-6-5-8-20(22)30-25(32)28-18-12-14-31(15-13-18)16-19(27)17(2)3;1-15-4-3-5-19-21(15)26-22(25-17-8-11-27(12-9-17)13-10-23)28(19)14-18-20(29)7-6-16(2)24-18/h5-13,16,22,24,26,30H,4,14-15,17-21,32H2,1-3H3,(H,34,35);5-11,17-19,24H,4,12-16,27H2,1-3H3,(H,28,30);3-7,17,29H,8-14,23H2,1-2H3,(H,25,26). The Kier molecular flexibility index (Phi) is 26.5. The van der Waals surface area contributed by atoms with Crippen molar-refractivity contribution < 1.29 is 19.3 Å². The molecule has 13 rings (SSSR count). The lowest BCUT2D eigenvalue weighted by molar-refractivity contribution is -0.00389. The number of aryl methyl sites for hydroxylation is 2. The van der Waals surface area contributed by atoms with Gasteiger partial charge < -0.3 is 71.7 Å². The predicted octanol–water partition coefficient (Wildman–Crippen LogP) is 12.3. The van der Waals surface area contributed by atoms with Crippen LogP contribution < -0.4 is 33.2 Å². The van der Waals surface area contributed by atoms with Crippen molar-refractivity contribution in [3.8, 4) is 5.75 Å². The van der Waals surface area contributed by atoms with Gasteiger partial charge in [-0.15, -0.1) is 0 Å². The van der Waals surface area contributed by atoms with E-state index < -0.39 is 6.23 Å². The predicted molar refractivity (Wildman–Crippen MR) is 412 cm³/mol. The van der Waals surface area contributed by atoms with Crippen LogP contribution in [0, 0.1) is 25.7 Å². The second-order valence-electron chi connectivity index (χ2n) is 27.8. The normalized spacial score (nSPS) is 16.7. The molecule has 3 aliphatic rings. The quantitative estimate of drug-likeness (QED) is 0.0186. The Hall–Kier alpha value is -7.68. The lowest BCUT2D eigenvalue weighted by atomic mass is 10.0. The summed E-state index contributed by atoms with van der Waals surface area (Å²) in [5, 5.41) is 22.6. The minimum Gasteiger partial charge on any atom is -0.506 e. The third-order valence-corrected chi connectivity index (χ3v) is 20.3. The molecule has 3 aliphatic heterocycles. The second-order valence-corrected chi connectivity index (χ2v) is 28.6. The lowest BCUT2D eigenvalue weighted by Crippen LogP contribution is -2.46. The van der Waals surface area contributed by atoms with Crippen LogP contribution in [0.3, 0.4) is 0 Å². The first-order chi connectivity index (χ1) is 49.0. The molecule has 6 aromatic heterocycles. The zero-order chi connectivity index (χ0) is 70.9. The van der Waals surface area contributed by atoms with Gasteiger partial charge in [0.15, 0.2) is 12.5 Å². The van der Waals surface area contributed by atoms with Gasteiger partial charge in [0.25, 0.3) is 0 Å². The number of nitrogens with two attached hydrogens (primary N) is 3. The monoisotopic (exact) mass is 1440 g/mol. The maximum absolute atomic E-state index is 10.3. The summed E-state index contributed by atoms with van der Waals surface area (Å²) < 4.78 is 25.7. The molecule has 22 nitrogen and oxygen atoms in total. The summed E-state index contributed by atoms with van der Waals surface area (Å²) in [5.74, 6) is 3.70. The van der Waals surface area contributed by atoms with Gasteiger partial charge in [0.05, 0.1) is 64.1 Å². The number of benzene rings is 4. The molecule has 0 radical (unpaired) electrons. The number of hydrogen-bond donors (Lipinski definition) is 7. The molecule has 3 saturated heterocycles. The van der Waals surface area contributed by atoms with Crippen molar-refractivity contribution in [2.24, 2.45) is 29.0 Å². The van der Waals surface area contributed by atoms with Crippen LogP contribution in [-0.2, 0) is 20.8 Å². The molecule has 101 heavy (non-hydrogen) atoms. The molecular formula is C78H107BrN18O4. The number of likely N-dealkylation sites (tertiary alicyclic amines) is 3. The molecule has 3 fully saturated rings. The molecule has 540 valence electrons. The number of piperidine rings is 3. The topological polar surface area (TPSA) is 264 Å². The van der Waals surface area contributed by atoms with Crippen LogP contribution in [0.25, 0.3) is 44.0 Å². The van der Waals surface area contributed by atoms with Gasteiger partial charge in [-0.3, -0.25) is 19.1 Å². The smallest absolute Gasteiger partial charge is 0.206 e.